The van der Waals surface area contributed by atoms with E-state index in [2.05, 4.69) is 12.2 Å². The zero-order chi connectivity index (χ0) is 16.4. The minimum atomic E-state index is -0.936. The lowest BCUT2D eigenvalue weighted by Gasteiger charge is -2.37. The molecule has 23 heavy (non-hydrogen) atoms. The summed E-state index contributed by atoms with van der Waals surface area (Å²) in [6, 6.07) is 5.00. The van der Waals surface area contributed by atoms with Gasteiger partial charge in [-0.3, -0.25) is 4.79 Å². The summed E-state index contributed by atoms with van der Waals surface area (Å²) >= 11 is 0. The first kappa shape index (κ1) is 15.6. The fourth-order valence-corrected chi connectivity index (χ4v) is 3.16. The van der Waals surface area contributed by atoms with Gasteiger partial charge in [0.25, 0.3) is 5.91 Å². The molecule has 1 aromatic carbocycles. The molecule has 0 aromatic heterocycles. The van der Waals surface area contributed by atoms with E-state index in [0.717, 1.165) is 12.8 Å². The largest absolute Gasteiger partial charge is 0.467 e. The third-order valence-electron chi connectivity index (χ3n) is 4.69. The third kappa shape index (κ3) is 2.98. The Morgan fingerprint density at radius 2 is 1.91 bits per heavy atom. The Morgan fingerprint density at radius 3 is 2.61 bits per heavy atom. The number of benzene rings is 1. The molecule has 1 saturated carbocycles. The summed E-state index contributed by atoms with van der Waals surface area (Å²) in [7, 11) is 1.36. The molecule has 2 aliphatic rings. The number of hydrogen-bond donors (Lipinski definition) is 1. The third-order valence-corrected chi connectivity index (χ3v) is 4.69. The highest BCUT2D eigenvalue weighted by Crippen LogP contribution is 2.35. The number of amides is 1. The number of hydrogen-bond acceptors (Lipinski definition) is 5. The van der Waals surface area contributed by atoms with Crippen molar-refractivity contribution >= 4 is 11.9 Å². The first-order valence-corrected chi connectivity index (χ1v) is 7.85. The van der Waals surface area contributed by atoms with E-state index < -0.39 is 5.54 Å². The Bertz CT molecular complexity index is 619. The van der Waals surface area contributed by atoms with E-state index >= 15 is 0 Å². The summed E-state index contributed by atoms with van der Waals surface area (Å²) in [5.41, 5.74) is -0.495. The van der Waals surface area contributed by atoms with Crippen molar-refractivity contribution in [2.45, 2.75) is 38.1 Å². The highest BCUT2D eigenvalue weighted by atomic mass is 16.7. The molecular weight excluding hydrogens is 298 g/mol. The molecule has 0 unspecified atom stereocenters. The lowest BCUT2D eigenvalue weighted by molar-refractivity contribution is -0.150. The molecule has 0 saturated heterocycles. The Balaban J connectivity index is 1.79. The Morgan fingerprint density at radius 1 is 1.22 bits per heavy atom. The minimum Gasteiger partial charge on any atom is -0.467 e. The van der Waals surface area contributed by atoms with E-state index in [1.165, 1.54) is 7.11 Å². The lowest BCUT2D eigenvalue weighted by atomic mass is 9.77. The van der Waals surface area contributed by atoms with E-state index in [4.69, 9.17) is 14.2 Å². The standard InChI is InChI=1S/C17H21NO5/c1-11-5-7-17(8-6-11,16(20)21-2)18-15(19)12-3-4-13-14(9-12)23-10-22-13/h3-4,9,11H,5-8,10H2,1-2H3,(H,18,19). The van der Waals surface area contributed by atoms with Crippen molar-refractivity contribution in [3.63, 3.8) is 0 Å². The van der Waals surface area contributed by atoms with Gasteiger partial charge in [0.2, 0.25) is 6.79 Å². The number of ether oxygens (including phenoxy) is 3. The van der Waals surface area contributed by atoms with Crippen molar-refractivity contribution in [3.8, 4) is 11.5 Å². The van der Waals surface area contributed by atoms with E-state index in [1.807, 2.05) is 0 Å². The van der Waals surface area contributed by atoms with Gasteiger partial charge in [-0.15, -0.1) is 0 Å². The van der Waals surface area contributed by atoms with Gasteiger partial charge >= 0.3 is 5.97 Å². The number of fused-ring (bicyclic) bond motifs is 1. The molecule has 1 aliphatic carbocycles. The Kier molecular flexibility index (Phi) is 4.15. The van der Waals surface area contributed by atoms with Crippen molar-refractivity contribution in [1.82, 2.24) is 5.32 Å². The summed E-state index contributed by atoms with van der Waals surface area (Å²) in [5.74, 6) is 1.04. The predicted molar refractivity (Wildman–Crippen MR) is 82.4 cm³/mol. The maximum atomic E-state index is 12.6. The molecule has 0 bridgehead atoms. The summed E-state index contributed by atoms with van der Waals surface area (Å²) < 4.78 is 15.5. The number of carbonyl (C=O) groups excluding carboxylic acids is 2. The van der Waals surface area contributed by atoms with Crippen LogP contribution in [0.5, 0.6) is 11.5 Å². The zero-order valence-corrected chi connectivity index (χ0v) is 13.4. The summed E-state index contributed by atoms with van der Waals surface area (Å²) in [4.78, 5) is 24.9. The van der Waals surface area contributed by atoms with E-state index in [1.54, 1.807) is 18.2 Å². The first-order chi connectivity index (χ1) is 11.0. The zero-order valence-electron chi connectivity index (χ0n) is 13.4. The quantitative estimate of drug-likeness (QED) is 0.865. The first-order valence-electron chi connectivity index (χ1n) is 7.85. The van der Waals surface area contributed by atoms with Gasteiger partial charge in [-0.25, -0.2) is 4.79 Å². The SMILES string of the molecule is COC(=O)C1(NC(=O)c2ccc3c(c2)OCO3)CCC(C)CC1. The van der Waals surface area contributed by atoms with Gasteiger partial charge in [0, 0.05) is 5.56 Å². The summed E-state index contributed by atoms with van der Waals surface area (Å²) in [6.45, 7) is 2.31. The van der Waals surface area contributed by atoms with Crippen LogP contribution in [0, 0.1) is 5.92 Å². The van der Waals surface area contributed by atoms with Gasteiger partial charge in [-0.05, 0) is 49.8 Å². The van der Waals surface area contributed by atoms with Crippen molar-refractivity contribution < 1.29 is 23.8 Å². The average Bonchev–Trinajstić information content (AvgIpc) is 3.04. The molecule has 0 radical (unpaired) electrons. The second-order valence-electron chi connectivity index (χ2n) is 6.28. The van der Waals surface area contributed by atoms with E-state index in [-0.39, 0.29) is 18.7 Å². The van der Waals surface area contributed by atoms with Crippen LogP contribution in [0.15, 0.2) is 18.2 Å². The topological polar surface area (TPSA) is 73.9 Å². The van der Waals surface area contributed by atoms with E-state index in [0.29, 0.717) is 35.8 Å². The molecule has 1 fully saturated rings. The molecule has 3 rings (SSSR count). The number of esters is 1. The lowest BCUT2D eigenvalue weighted by Crippen LogP contribution is -2.56. The molecule has 6 heteroatoms. The van der Waals surface area contributed by atoms with Gasteiger partial charge in [0.15, 0.2) is 11.5 Å². The smallest absolute Gasteiger partial charge is 0.331 e. The number of nitrogens with one attached hydrogen (secondary N) is 1. The van der Waals surface area contributed by atoms with Crippen LogP contribution in [0.2, 0.25) is 0 Å². The molecule has 1 amide bonds. The molecule has 124 valence electrons. The molecule has 1 N–H and O–H groups in total. The fraction of sp³-hybridized carbons (Fsp3) is 0.529. The normalized spacial score (nSPS) is 25.7. The van der Waals surface area contributed by atoms with Gasteiger partial charge in [0.1, 0.15) is 5.54 Å². The number of methoxy groups -OCH3 is 1. The highest BCUT2D eigenvalue weighted by molar-refractivity contribution is 5.98. The van der Waals surface area contributed by atoms with Crippen LogP contribution in [-0.4, -0.2) is 31.3 Å². The maximum absolute atomic E-state index is 12.6. The Labute approximate surface area is 135 Å². The van der Waals surface area contributed by atoms with Crippen LogP contribution in [0.25, 0.3) is 0 Å². The van der Waals surface area contributed by atoms with Crippen LogP contribution >= 0.6 is 0 Å². The molecule has 1 heterocycles. The van der Waals surface area contributed by atoms with Crippen LogP contribution in [-0.2, 0) is 9.53 Å². The summed E-state index contributed by atoms with van der Waals surface area (Å²) in [6.07, 6.45) is 2.96. The van der Waals surface area contributed by atoms with Gasteiger partial charge in [-0.2, -0.15) is 0 Å². The van der Waals surface area contributed by atoms with Crippen LogP contribution in [0.3, 0.4) is 0 Å². The maximum Gasteiger partial charge on any atom is 0.331 e. The van der Waals surface area contributed by atoms with Crippen molar-refractivity contribution in [3.05, 3.63) is 23.8 Å². The summed E-state index contributed by atoms with van der Waals surface area (Å²) in [5, 5.41) is 2.90. The second-order valence-corrected chi connectivity index (χ2v) is 6.28. The van der Waals surface area contributed by atoms with Gasteiger partial charge in [-0.1, -0.05) is 6.92 Å². The van der Waals surface area contributed by atoms with Gasteiger partial charge in [0.05, 0.1) is 7.11 Å². The van der Waals surface area contributed by atoms with Crippen LogP contribution in [0.1, 0.15) is 43.0 Å². The van der Waals surface area contributed by atoms with E-state index in [9.17, 15) is 9.59 Å². The number of carbonyl (C=O) groups is 2. The van der Waals surface area contributed by atoms with Crippen LogP contribution in [0.4, 0.5) is 0 Å². The van der Waals surface area contributed by atoms with Crippen LogP contribution < -0.4 is 14.8 Å². The minimum absolute atomic E-state index is 0.157. The average molecular weight is 319 g/mol. The molecular formula is C17H21NO5. The Hall–Kier alpha value is -2.24. The highest BCUT2D eigenvalue weighted by Gasteiger charge is 2.43. The van der Waals surface area contributed by atoms with Gasteiger partial charge < -0.3 is 19.5 Å². The molecule has 1 aliphatic heterocycles. The predicted octanol–water partition coefficient (Wildman–Crippen LogP) is 2.27. The van der Waals surface area contributed by atoms with Crippen molar-refractivity contribution in [2.24, 2.45) is 5.92 Å². The monoisotopic (exact) mass is 319 g/mol. The fourth-order valence-electron chi connectivity index (χ4n) is 3.16. The van der Waals surface area contributed by atoms with Crippen molar-refractivity contribution in [2.75, 3.05) is 13.9 Å². The number of rotatable bonds is 3. The van der Waals surface area contributed by atoms with Crippen molar-refractivity contribution in [1.29, 1.82) is 0 Å². The molecule has 6 nitrogen and oxygen atoms in total. The molecule has 0 spiro atoms. The second kappa shape index (κ2) is 6.10. The molecule has 1 aromatic rings. The molecule has 0 atom stereocenters.